The van der Waals surface area contributed by atoms with Crippen LogP contribution in [-0.2, 0) is 0 Å². The van der Waals surface area contributed by atoms with E-state index >= 15 is 0 Å². The van der Waals surface area contributed by atoms with Gasteiger partial charge in [-0.3, -0.25) is 20.2 Å². The predicted molar refractivity (Wildman–Crippen MR) is 133 cm³/mol. The number of nitro benzene ring substituents is 2. The van der Waals surface area contributed by atoms with Crippen LogP contribution in [0.3, 0.4) is 0 Å². The number of hydrogen-bond acceptors (Lipinski definition) is 8. The van der Waals surface area contributed by atoms with Crippen LogP contribution in [0.5, 0.6) is 11.5 Å². The van der Waals surface area contributed by atoms with Gasteiger partial charge in [0.15, 0.2) is 0 Å². The molecule has 0 aliphatic carbocycles. The smallest absolute Gasteiger partial charge is 0.335 e. The number of aromatic hydroxyl groups is 2. The van der Waals surface area contributed by atoms with Gasteiger partial charge in [-0.15, -0.1) is 0 Å². The topological polar surface area (TPSA) is 201 Å². The van der Waals surface area contributed by atoms with Crippen LogP contribution in [0.25, 0.3) is 33.4 Å². The van der Waals surface area contributed by atoms with Crippen molar-refractivity contribution in [3.63, 3.8) is 0 Å². The van der Waals surface area contributed by atoms with Crippen molar-refractivity contribution in [1.82, 2.24) is 0 Å². The SMILES string of the molecule is O=C(O)c1cccc(-c2cc(-c3cc(-c4cccc(C(=O)O)c4)c(O)c([N+](=O)[O-])c3)cc([N+](=O)[O-])c2O)c1. The van der Waals surface area contributed by atoms with Crippen LogP contribution < -0.4 is 0 Å². The molecular formula is C26H16N2O10. The summed E-state index contributed by atoms with van der Waals surface area (Å²) in [6.07, 6.45) is 0. The molecule has 0 saturated heterocycles. The third-order valence-electron chi connectivity index (χ3n) is 5.75. The molecule has 0 atom stereocenters. The highest BCUT2D eigenvalue weighted by Crippen LogP contribution is 2.45. The van der Waals surface area contributed by atoms with E-state index in [4.69, 9.17) is 0 Å². The minimum absolute atomic E-state index is 0.0315. The first-order valence-electron chi connectivity index (χ1n) is 10.7. The first kappa shape index (κ1) is 25.3. The van der Waals surface area contributed by atoms with E-state index in [-0.39, 0.29) is 44.5 Å². The average Bonchev–Trinajstić information content (AvgIpc) is 2.88. The van der Waals surface area contributed by atoms with Crippen LogP contribution >= 0.6 is 0 Å². The lowest BCUT2D eigenvalue weighted by molar-refractivity contribution is -0.386. The summed E-state index contributed by atoms with van der Waals surface area (Å²) in [4.78, 5) is 44.5. The highest BCUT2D eigenvalue weighted by molar-refractivity contribution is 5.93. The van der Waals surface area contributed by atoms with Gasteiger partial charge in [0.25, 0.3) is 0 Å². The van der Waals surface area contributed by atoms with Crippen LogP contribution in [0.15, 0.2) is 72.8 Å². The second-order valence-corrected chi connectivity index (χ2v) is 8.07. The molecule has 0 aliphatic rings. The first-order valence-corrected chi connectivity index (χ1v) is 10.7. The second-order valence-electron chi connectivity index (χ2n) is 8.07. The second kappa shape index (κ2) is 9.70. The number of carbonyl (C=O) groups is 2. The molecule has 4 aromatic carbocycles. The normalized spacial score (nSPS) is 10.6. The van der Waals surface area contributed by atoms with Crippen LogP contribution in [0, 0.1) is 20.2 Å². The van der Waals surface area contributed by atoms with Crippen LogP contribution in [0.1, 0.15) is 20.7 Å². The zero-order valence-electron chi connectivity index (χ0n) is 19.1. The number of phenols is 2. The van der Waals surface area contributed by atoms with E-state index in [9.17, 15) is 50.2 Å². The number of rotatable bonds is 7. The molecule has 12 nitrogen and oxygen atoms in total. The van der Waals surface area contributed by atoms with Crippen molar-refractivity contribution in [1.29, 1.82) is 0 Å². The predicted octanol–water partition coefficient (Wildman–Crippen LogP) is 5.31. The molecule has 0 fully saturated rings. The Kier molecular flexibility index (Phi) is 6.46. The molecule has 4 N–H and O–H groups in total. The molecular weight excluding hydrogens is 500 g/mol. The van der Waals surface area contributed by atoms with E-state index in [0.717, 1.165) is 12.1 Å². The molecule has 0 aliphatic heterocycles. The fraction of sp³-hybridized carbons (Fsp3) is 0. The molecule has 0 radical (unpaired) electrons. The fourth-order valence-corrected chi connectivity index (χ4v) is 3.93. The average molecular weight is 516 g/mol. The van der Waals surface area contributed by atoms with Crippen molar-refractivity contribution in [3.05, 3.63) is 104 Å². The van der Waals surface area contributed by atoms with Crippen molar-refractivity contribution in [3.8, 4) is 44.9 Å². The number of nitrogens with zero attached hydrogens (tertiary/aromatic N) is 2. The molecule has 4 rings (SSSR count). The quantitative estimate of drug-likeness (QED) is 0.184. The molecule has 4 aromatic rings. The third-order valence-corrected chi connectivity index (χ3v) is 5.75. The lowest BCUT2D eigenvalue weighted by atomic mass is 9.93. The van der Waals surface area contributed by atoms with Crippen LogP contribution in [0.2, 0.25) is 0 Å². The monoisotopic (exact) mass is 516 g/mol. The van der Waals surface area contributed by atoms with Gasteiger partial charge in [-0.05, 0) is 58.7 Å². The van der Waals surface area contributed by atoms with Gasteiger partial charge in [0, 0.05) is 23.3 Å². The van der Waals surface area contributed by atoms with Gasteiger partial charge in [-0.2, -0.15) is 0 Å². The van der Waals surface area contributed by atoms with Crippen molar-refractivity contribution in [2.45, 2.75) is 0 Å². The zero-order valence-corrected chi connectivity index (χ0v) is 19.1. The molecule has 0 unspecified atom stereocenters. The minimum Gasteiger partial charge on any atom is -0.502 e. The molecule has 38 heavy (non-hydrogen) atoms. The lowest BCUT2D eigenvalue weighted by Gasteiger charge is -2.13. The molecule has 12 heteroatoms. The maximum Gasteiger partial charge on any atom is 0.335 e. The summed E-state index contributed by atoms with van der Waals surface area (Å²) >= 11 is 0. The van der Waals surface area contributed by atoms with E-state index in [1.165, 1.54) is 60.7 Å². The van der Waals surface area contributed by atoms with E-state index in [1.54, 1.807) is 0 Å². The van der Waals surface area contributed by atoms with E-state index in [1.807, 2.05) is 0 Å². The van der Waals surface area contributed by atoms with Gasteiger partial charge in [-0.1, -0.05) is 24.3 Å². The summed E-state index contributed by atoms with van der Waals surface area (Å²) in [5.74, 6) is -4.02. The Morgan fingerprint density at radius 1 is 0.579 bits per heavy atom. The summed E-state index contributed by atoms with van der Waals surface area (Å²) < 4.78 is 0. The minimum atomic E-state index is -1.26. The number of carboxylic acid groups (broad SMARTS) is 2. The number of nitro groups is 2. The van der Waals surface area contributed by atoms with Gasteiger partial charge < -0.3 is 20.4 Å². The summed E-state index contributed by atoms with van der Waals surface area (Å²) in [5, 5.41) is 63.3. The summed E-state index contributed by atoms with van der Waals surface area (Å²) in [6.45, 7) is 0. The van der Waals surface area contributed by atoms with Gasteiger partial charge in [0.1, 0.15) is 0 Å². The van der Waals surface area contributed by atoms with E-state index in [2.05, 4.69) is 0 Å². The van der Waals surface area contributed by atoms with Crippen molar-refractivity contribution in [2.75, 3.05) is 0 Å². The Balaban J connectivity index is 2.01. The highest BCUT2D eigenvalue weighted by Gasteiger charge is 2.25. The number of carboxylic acids is 2. The Morgan fingerprint density at radius 3 is 1.26 bits per heavy atom. The Labute approximate surface area is 212 Å². The molecule has 0 aromatic heterocycles. The molecule has 0 bridgehead atoms. The first-order chi connectivity index (χ1) is 18.0. The third kappa shape index (κ3) is 4.68. The molecule has 0 heterocycles. The number of hydrogen-bond donors (Lipinski definition) is 4. The molecule has 0 spiro atoms. The van der Waals surface area contributed by atoms with Crippen LogP contribution in [0.4, 0.5) is 11.4 Å². The highest BCUT2D eigenvalue weighted by atomic mass is 16.6. The van der Waals surface area contributed by atoms with Crippen molar-refractivity contribution < 1.29 is 39.9 Å². The maximum absolute atomic E-state index is 11.7. The van der Waals surface area contributed by atoms with Crippen LogP contribution in [-0.4, -0.2) is 42.2 Å². The largest absolute Gasteiger partial charge is 0.502 e. The van der Waals surface area contributed by atoms with Gasteiger partial charge in [-0.25, -0.2) is 9.59 Å². The van der Waals surface area contributed by atoms with Crippen molar-refractivity contribution in [2.24, 2.45) is 0 Å². The summed E-state index contributed by atoms with van der Waals surface area (Å²) in [5.41, 5.74) is -1.67. The lowest BCUT2D eigenvalue weighted by Crippen LogP contribution is -1.98. The van der Waals surface area contributed by atoms with Gasteiger partial charge in [0.05, 0.1) is 21.0 Å². The fourth-order valence-electron chi connectivity index (χ4n) is 3.93. The van der Waals surface area contributed by atoms with Gasteiger partial charge >= 0.3 is 23.3 Å². The van der Waals surface area contributed by atoms with E-state index < -0.39 is 44.7 Å². The Bertz CT molecular complexity index is 1540. The van der Waals surface area contributed by atoms with Crippen molar-refractivity contribution >= 4 is 23.3 Å². The van der Waals surface area contributed by atoms with E-state index in [0.29, 0.717) is 0 Å². The molecule has 190 valence electrons. The number of phenolic OH excluding ortho intramolecular Hbond substituents is 2. The number of aromatic carboxylic acids is 2. The zero-order chi connectivity index (χ0) is 27.7. The summed E-state index contributed by atoms with van der Waals surface area (Å²) in [6, 6.07) is 15.2. The molecule has 0 saturated carbocycles. The summed E-state index contributed by atoms with van der Waals surface area (Å²) in [7, 11) is 0. The molecule has 0 amide bonds. The number of benzene rings is 4. The Hall–Kier alpha value is -5.78. The maximum atomic E-state index is 11.7. The Morgan fingerprint density at radius 2 is 0.947 bits per heavy atom. The standard InChI is InChI=1S/C26H16N2O10/c29-23-19(13-3-1-5-15(7-13)25(31)32)9-17(11-21(23)27(35)36)18-10-20(24(30)22(12-18)28(37)38)14-4-2-6-16(8-14)26(33)34/h1-12,29-30H,(H,31,32)(H,33,34). The van der Waals surface area contributed by atoms with Gasteiger partial charge in [0.2, 0.25) is 11.5 Å².